The van der Waals surface area contributed by atoms with Crippen LogP contribution in [0.5, 0.6) is 0 Å². The number of aromatic nitrogens is 2. The third-order valence-electron chi connectivity index (χ3n) is 5.56. The maximum Gasteiger partial charge on any atom is 0.130 e. The summed E-state index contributed by atoms with van der Waals surface area (Å²) in [5, 5.41) is 23.8. The smallest absolute Gasteiger partial charge is 0.130 e. The Labute approximate surface area is 143 Å². The van der Waals surface area contributed by atoms with Crippen LogP contribution in [0, 0.1) is 11.8 Å². The van der Waals surface area contributed by atoms with Crippen molar-refractivity contribution >= 4 is 0 Å². The minimum absolute atomic E-state index is 0.0241. The highest BCUT2D eigenvalue weighted by atomic mass is 16.5. The van der Waals surface area contributed by atoms with Gasteiger partial charge in [0, 0.05) is 50.0 Å². The summed E-state index contributed by atoms with van der Waals surface area (Å²) < 4.78 is 5.09. The van der Waals surface area contributed by atoms with Gasteiger partial charge in [0.2, 0.25) is 0 Å². The fourth-order valence-electron chi connectivity index (χ4n) is 3.92. The first kappa shape index (κ1) is 17.7. The van der Waals surface area contributed by atoms with Crippen LogP contribution in [0.2, 0.25) is 0 Å². The Hall–Kier alpha value is -1.08. The molecule has 134 valence electrons. The average molecular weight is 335 g/mol. The molecule has 24 heavy (non-hydrogen) atoms. The van der Waals surface area contributed by atoms with Crippen LogP contribution in [0.1, 0.15) is 37.2 Å². The molecule has 6 heteroatoms. The predicted molar refractivity (Wildman–Crippen MR) is 90.6 cm³/mol. The van der Waals surface area contributed by atoms with Gasteiger partial charge in [0.1, 0.15) is 5.82 Å². The zero-order valence-corrected chi connectivity index (χ0v) is 14.4. The van der Waals surface area contributed by atoms with Gasteiger partial charge in [-0.1, -0.05) is 6.42 Å². The summed E-state index contributed by atoms with van der Waals surface area (Å²) in [5.41, 5.74) is 0.981. The Morgan fingerprint density at radius 3 is 2.83 bits per heavy atom. The standard InChI is InChI=1S/C18H29N3O3/c1-24-8-6-18-19-7-5-13(21-18)9-14-15(11-22)17(23)10-16(14)20-12-3-2-4-12/h5,7,12,14-17,20,22-23H,2-4,6,8-11H2,1H3. The first-order chi connectivity index (χ1) is 11.7. The maximum atomic E-state index is 10.3. The monoisotopic (exact) mass is 335 g/mol. The van der Waals surface area contributed by atoms with Gasteiger partial charge in [-0.3, -0.25) is 0 Å². The molecule has 0 aromatic carbocycles. The van der Waals surface area contributed by atoms with Gasteiger partial charge in [0.15, 0.2) is 0 Å². The lowest BCUT2D eigenvalue weighted by Crippen LogP contribution is -2.45. The van der Waals surface area contributed by atoms with E-state index in [9.17, 15) is 10.2 Å². The van der Waals surface area contributed by atoms with Crippen molar-refractivity contribution in [2.24, 2.45) is 11.8 Å². The van der Waals surface area contributed by atoms with Crippen molar-refractivity contribution in [2.45, 2.75) is 56.7 Å². The van der Waals surface area contributed by atoms with Crippen molar-refractivity contribution in [1.82, 2.24) is 15.3 Å². The van der Waals surface area contributed by atoms with Crippen LogP contribution in [-0.4, -0.2) is 58.7 Å². The van der Waals surface area contributed by atoms with E-state index in [1.807, 2.05) is 6.07 Å². The molecular formula is C18H29N3O3. The molecule has 2 aliphatic rings. The molecule has 0 saturated heterocycles. The van der Waals surface area contributed by atoms with Crippen molar-refractivity contribution < 1.29 is 14.9 Å². The topological polar surface area (TPSA) is 87.5 Å². The molecule has 4 unspecified atom stereocenters. The van der Waals surface area contributed by atoms with Gasteiger partial charge in [-0.05, 0) is 37.7 Å². The molecule has 0 spiro atoms. The maximum absolute atomic E-state index is 10.3. The summed E-state index contributed by atoms with van der Waals surface area (Å²) in [4.78, 5) is 8.92. The second-order valence-electron chi connectivity index (χ2n) is 7.13. The Morgan fingerprint density at radius 2 is 2.17 bits per heavy atom. The Kier molecular flexibility index (Phi) is 6.16. The van der Waals surface area contributed by atoms with Crippen LogP contribution in [0.3, 0.4) is 0 Å². The van der Waals surface area contributed by atoms with Gasteiger partial charge in [0.25, 0.3) is 0 Å². The molecule has 2 fully saturated rings. The summed E-state index contributed by atoms with van der Waals surface area (Å²) in [5.74, 6) is 0.910. The van der Waals surface area contributed by atoms with E-state index in [-0.39, 0.29) is 24.5 Å². The fourth-order valence-corrected chi connectivity index (χ4v) is 3.92. The highest BCUT2D eigenvalue weighted by molar-refractivity contribution is 5.08. The van der Waals surface area contributed by atoms with Crippen LogP contribution in [0.15, 0.2) is 12.3 Å². The van der Waals surface area contributed by atoms with E-state index in [4.69, 9.17) is 4.74 Å². The number of nitrogens with zero attached hydrogens (tertiary/aromatic N) is 2. The molecule has 1 aromatic rings. The lowest BCUT2D eigenvalue weighted by Gasteiger charge is -2.33. The largest absolute Gasteiger partial charge is 0.396 e. The van der Waals surface area contributed by atoms with Crippen LogP contribution < -0.4 is 5.32 Å². The van der Waals surface area contributed by atoms with Gasteiger partial charge >= 0.3 is 0 Å². The van der Waals surface area contributed by atoms with E-state index >= 15 is 0 Å². The van der Waals surface area contributed by atoms with Crippen LogP contribution in [-0.2, 0) is 17.6 Å². The highest BCUT2D eigenvalue weighted by Gasteiger charge is 2.43. The average Bonchev–Trinajstić information content (AvgIpc) is 2.84. The molecule has 4 atom stereocenters. The number of ether oxygens (including phenoxy) is 1. The zero-order valence-electron chi connectivity index (χ0n) is 14.4. The van der Waals surface area contributed by atoms with Crippen molar-refractivity contribution in [2.75, 3.05) is 20.3 Å². The molecule has 3 N–H and O–H groups in total. The third-order valence-corrected chi connectivity index (χ3v) is 5.56. The Balaban J connectivity index is 1.69. The predicted octanol–water partition coefficient (Wildman–Crippen LogP) is 0.708. The van der Waals surface area contributed by atoms with Crippen molar-refractivity contribution in [3.63, 3.8) is 0 Å². The first-order valence-electron chi connectivity index (χ1n) is 9.06. The number of nitrogens with one attached hydrogen (secondary N) is 1. The highest BCUT2D eigenvalue weighted by Crippen LogP contribution is 2.36. The molecule has 3 rings (SSSR count). The first-order valence-corrected chi connectivity index (χ1v) is 9.06. The van der Waals surface area contributed by atoms with Gasteiger partial charge < -0.3 is 20.3 Å². The number of hydrogen-bond donors (Lipinski definition) is 3. The minimum atomic E-state index is -0.438. The molecule has 0 amide bonds. The molecule has 0 aliphatic heterocycles. The second-order valence-corrected chi connectivity index (χ2v) is 7.13. The second kappa shape index (κ2) is 8.34. The number of methoxy groups -OCH3 is 1. The molecule has 0 bridgehead atoms. The van der Waals surface area contributed by atoms with Crippen molar-refractivity contribution in [1.29, 1.82) is 0 Å². The quantitative estimate of drug-likeness (QED) is 0.648. The van der Waals surface area contributed by atoms with E-state index in [2.05, 4.69) is 15.3 Å². The van der Waals surface area contributed by atoms with Gasteiger partial charge in [0.05, 0.1) is 12.7 Å². The zero-order chi connectivity index (χ0) is 16.9. The number of aliphatic hydroxyl groups excluding tert-OH is 2. The van der Waals surface area contributed by atoms with Crippen LogP contribution in [0.25, 0.3) is 0 Å². The lowest BCUT2D eigenvalue weighted by molar-refractivity contribution is 0.0714. The van der Waals surface area contributed by atoms with E-state index in [0.29, 0.717) is 25.5 Å². The number of hydrogen-bond acceptors (Lipinski definition) is 6. The van der Waals surface area contributed by atoms with E-state index in [1.165, 1.54) is 19.3 Å². The minimum Gasteiger partial charge on any atom is -0.396 e. The van der Waals surface area contributed by atoms with Gasteiger partial charge in [-0.2, -0.15) is 0 Å². The molecule has 1 aromatic heterocycles. The van der Waals surface area contributed by atoms with Gasteiger partial charge in [-0.15, -0.1) is 0 Å². The molecule has 2 aliphatic carbocycles. The molecule has 1 heterocycles. The molecule has 2 saturated carbocycles. The Morgan fingerprint density at radius 1 is 1.33 bits per heavy atom. The Bertz CT molecular complexity index is 524. The van der Waals surface area contributed by atoms with Crippen LogP contribution in [0.4, 0.5) is 0 Å². The molecule has 6 nitrogen and oxygen atoms in total. The normalized spacial score (nSPS) is 30.5. The fraction of sp³-hybridized carbons (Fsp3) is 0.778. The van der Waals surface area contributed by atoms with Crippen LogP contribution >= 0.6 is 0 Å². The summed E-state index contributed by atoms with van der Waals surface area (Å²) in [6, 6.07) is 2.76. The van der Waals surface area contributed by atoms with E-state index in [1.54, 1.807) is 13.3 Å². The lowest BCUT2D eigenvalue weighted by atomic mass is 9.86. The SMILES string of the molecule is COCCc1nccc(CC2C(NC3CCC3)CC(O)C2CO)n1. The summed E-state index contributed by atoms with van der Waals surface area (Å²) in [6.45, 7) is 0.632. The van der Waals surface area contributed by atoms with Crippen molar-refractivity contribution in [3.8, 4) is 0 Å². The summed E-state index contributed by atoms with van der Waals surface area (Å²) in [7, 11) is 1.67. The number of aliphatic hydroxyl groups is 2. The number of rotatable bonds is 8. The third kappa shape index (κ3) is 4.11. The van der Waals surface area contributed by atoms with E-state index in [0.717, 1.165) is 17.9 Å². The summed E-state index contributed by atoms with van der Waals surface area (Å²) in [6.07, 6.45) is 7.26. The van der Waals surface area contributed by atoms with E-state index < -0.39 is 6.10 Å². The summed E-state index contributed by atoms with van der Waals surface area (Å²) >= 11 is 0. The molecule has 0 radical (unpaired) electrons. The van der Waals surface area contributed by atoms with Crippen molar-refractivity contribution in [3.05, 3.63) is 23.8 Å². The van der Waals surface area contributed by atoms with Gasteiger partial charge in [-0.25, -0.2) is 9.97 Å². The molecular weight excluding hydrogens is 306 g/mol.